The van der Waals surface area contributed by atoms with Gasteiger partial charge in [-0.25, -0.2) is 0 Å². The number of pyridine rings is 1. The van der Waals surface area contributed by atoms with E-state index in [1.54, 1.807) is 0 Å². The van der Waals surface area contributed by atoms with Gasteiger partial charge in [0, 0.05) is 53.7 Å². The average Bonchev–Trinajstić information content (AvgIpc) is 2.98. The number of halogens is 1. The maximum atomic E-state index is 11.1. The second-order valence-electron chi connectivity index (χ2n) is 8.60. The molecule has 1 fully saturated rings. The van der Waals surface area contributed by atoms with E-state index in [-0.39, 0.29) is 0 Å². The van der Waals surface area contributed by atoms with Crippen molar-refractivity contribution in [1.29, 1.82) is 0 Å². The Bertz CT molecular complexity index is 1070. The number of para-hydroxylation sites is 1. The van der Waals surface area contributed by atoms with Gasteiger partial charge in [-0.15, -0.1) is 0 Å². The Morgan fingerprint density at radius 1 is 1.03 bits per heavy atom. The van der Waals surface area contributed by atoms with Gasteiger partial charge in [0.25, 0.3) is 0 Å². The van der Waals surface area contributed by atoms with Crippen molar-refractivity contribution in [1.82, 2.24) is 9.88 Å². The molecule has 0 saturated carbocycles. The van der Waals surface area contributed by atoms with Gasteiger partial charge in [-0.1, -0.05) is 48.0 Å². The van der Waals surface area contributed by atoms with Crippen LogP contribution in [0.15, 0.2) is 73.1 Å². The van der Waals surface area contributed by atoms with E-state index >= 15 is 0 Å². The van der Waals surface area contributed by atoms with E-state index in [2.05, 4.69) is 28.1 Å². The quantitative estimate of drug-likeness (QED) is 0.580. The smallest absolute Gasteiger partial charge is 0.127 e. The van der Waals surface area contributed by atoms with Gasteiger partial charge in [0.15, 0.2) is 0 Å². The van der Waals surface area contributed by atoms with Gasteiger partial charge in [-0.3, -0.25) is 4.98 Å². The molecule has 0 amide bonds. The Hall–Kier alpha value is -2.66. The number of rotatable bonds is 4. The number of benzene rings is 2. The molecule has 32 heavy (non-hydrogen) atoms. The average molecular weight is 447 g/mol. The highest BCUT2D eigenvalue weighted by Crippen LogP contribution is 2.37. The van der Waals surface area contributed by atoms with Crippen LogP contribution in [0.3, 0.4) is 0 Å². The summed E-state index contributed by atoms with van der Waals surface area (Å²) >= 11 is 6.01. The summed E-state index contributed by atoms with van der Waals surface area (Å²) in [6.07, 6.45) is 8.47. The molecule has 5 rings (SSSR count). The Morgan fingerprint density at radius 2 is 1.81 bits per heavy atom. The second-order valence-corrected chi connectivity index (χ2v) is 9.04. The van der Waals surface area contributed by atoms with Crippen LogP contribution in [-0.4, -0.2) is 34.6 Å². The third kappa shape index (κ3) is 4.31. The Labute approximate surface area is 194 Å². The molecule has 0 radical (unpaired) electrons. The lowest BCUT2D eigenvalue weighted by molar-refractivity contribution is -0.0254. The fourth-order valence-corrected chi connectivity index (χ4v) is 4.84. The summed E-state index contributed by atoms with van der Waals surface area (Å²) in [6.45, 7) is 3.26. The molecule has 3 aromatic rings. The molecular formula is C27H27ClN2O2. The van der Waals surface area contributed by atoms with Crippen molar-refractivity contribution in [2.45, 2.75) is 31.5 Å². The number of likely N-dealkylation sites (tertiary alicyclic amines) is 1. The zero-order valence-electron chi connectivity index (χ0n) is 18.0. The third-order valence-electron chi connectivity index (χ3n) is 6.62. The topological polar surface area (TPSA) is 45.6 Å². The number of ether oxygens (including phenoxy) is 1. The molecule has 1 saturated heterocycles. The summed E-state index contributed by atoms with van der Waals surface area (Å²) in [5, 5.41) is 11.8. The van der Waals surface area contributed by atoms with Crippen LogP contribution >= 0.6 is 11.6 Å². The van der Waals surface area contributed by atoms with Crippen LogP contribution in [-0.2, 0) is 12.2 Å². The maximum absolute atomic E-state index is 11.1. The summed E-state index contributed by atoms with van der Waals surface area (Å²) in [7, 11) is 0. The zero-order valence-corrected chi connectivity index (χ0v) is 18.8. The summed E-state index contributed by atoms with van der Waals surface area (Å²) in [4.78, 5) is 6.80. The summed E-state index contributed by atoms with van der Waals surface area (Å²) in [5.74, 6) is 0.918. The molecule has 5 heteroatoms. The molecule has 1 N–H and O–H groups in total. The van der Waals surface area contributed by atoms with Gasteiger partial charge in [0.05, 0.1) is 5.60 Å². The van der Waals surface area contributed by atoms with Crippen LogP contribution in [0.4, 0.5) is 0 Å². The van der Waals surface area contributed by atoms with E-state index in [4.69, 9.17) is 16.3 Å². The maximum Gasteiger partial charge on any atom is 0.127 e. The first kappa shape index (κ1) is 21.2. The van der Waals surface area contributed by atoms with E-state index in [1.807, 2.05) is 54.9 Å². The van der Waals surface area contributed by atoms with Gasteiger partial charge in [0.1, 0.15) is 12.4 Å². The number of aliphatic hydroxyl groups is 1. The standard InChI is InChI=1S/C27H27ClN2O2/c28-22-9-7-21(8-10-22)27(31)12-16-30(17-13-27)15-3-5-23-24-4-1-2-6-26(24)32-19-20-11-14-29-18-25(20)23/h1-2,4-11,14,18,31H,3,12-13,15-17,19H2. The molecular weight excluding hydrogens is 420 g/mol. The first-order valence-electron chi connectivity index (χ1n) is 11.2. The lowest BCUT2D eigenvalue weighted by Gasteiger charge is -2.38. The molecule has 3 heterocycles. The number of hydrogen-bond donors (Lipinski definition) is 1. The number of nitrogens with zero attached hydrogens (tertiary/aromatic N) is 2. The molecule has 0 bridgehead atoms. The zero-order chi connectivity index (χ0) is 22.0. The number of aromatic nitrogens is 1. The minimum Gasteiger partial charge on any atom is -0.488 e. The molecule has 2 aromatic carbocycles. The Balaban J connectivity index is 1.28. The third-order valence-corrected chi connectivity index (χ3v) is 6.87. The molecule has 2 aliphatic rings. The van der Waals surface area contributed by atoms with Gasteiger partial charge in [0.2, 0.25) is 0 Å². The highest BCUT2D eigenvalue weighted by molar-refractivity contribution is 6.30. The molecule has 2 aliphatic heterocycles. The molecule has 0 aliphatic carbocycles. The van der Waals surface area contributed by atoms with Crippen LogP contribution < -0.4 is 4.74 Å². The van der Waals surface area contributed by atoms with E-state index in [0.717, 1.165) is 66.9 Å². The number of piperidine rings is 1. The molecule has 1 aromatic heterocycles. The Morgan fingerprint density at radius 3 is 2.62 bits per heavy atom. The highest BCUT2D eigenvalue weighted by Gasteiger charge is 2.33. The number of fused-ring (bicyclic) bond motifs is 2. The van der Waals surface area contributed by atoms with Crippen LogP contribution in [0.1, 0.15) is 41.5 Å². The van der Waals surface area contributed by atoms with Crippen molar-refractivity contribution in [3.63, 3.8) is 0 Å². The lowest BCUT2D eigenvalue weighted by atomic mass is 9.84. The van der Waals surface area contributed by atoms with Crippen molar-refractivity contribution in [3.05, 3.63) is 100 Å². The lowest BCUT2D eigenvalue weighted by Crippen LogP contribution is -2.42. The molecule has 0 unspecified atom stereocenters. The molecule has 4 nitrogen and oxygen atoms in total. The summed E-state index contributed by atoms with van der Waals surface area (Å²) in [5.41, 5.74) is 4.82. The monoisotopic (exact) mass is 446 g/mol. The van der Waals surface area contributed by atoms with Crippen molar-refractivity contribution in [3.8, 4) is 5.75 Å². The van der Waals surface area contributed by atoms with Crippen molar-refractivity contribution in [2.24, 2.45) is 0 Å². The van der Waals surface area contributed by atoms with Gasteiger partial charge in [-0.2, -0.15) is 0 Å². The first-order chi connectivity index (χ1) is 15.6. The van der Waals surface area contributed by atoms with Crippen LogP contribution in [0.5, 0.6) is 5.75 Å². The second kappa shape index (κ2) is 9.07. The molecule has 0 spiro atoms. The van der Waals surface area contributed by atoms with E-state index in [0.29, 0.717) is 11.6 Å². The van der Waals surface area contributed by atoms with Crippen molar-refractivity contribution in [2.75, 3.05) is 19.6 Å². The van der Waals surface area contributed by atoms with E-state index < -0.39 is 5.60 Å². The highest BCUT2D eigenvalue weighted by atomic mass is 35.5. The van der Waals surface area contributed by atoms with Crippen LogP contribution in [0.2, 0.25) is 5.02 Å². The predicted octanol–water partition coefficient (Wildman–Crippen LogP) is 5.43. The summed E-state index contributed by atoms with van der Waals surface area (Å²) in [6, 6.07) is 17.9. The molecule has 0 atom stereocenters. The number of hydrogen-bond acceptors (Lipinski definition) is 4. The largest absolute Gasteiger partial charge is 0.488 e. The van der Waals surface area contributed by atoms with Gasteiger partial charge >= 0.3 is 0 Å². The van der Waals surface area contributed by atoms with Crippen LogP contribution in [0, 0.1) is 0 Å². The minimum absolute atomic E-state index is 0.557. The van der Waals surface area contributed by atoms with Gasteiger partial charge < -0.3 is 14.7 Å². The first-order valence-corrected chi connectivity index (χ1v) is 11.6. The van der Waals surface area contributed by atoms with E-state index in [1.165, 1.54) is 5.57 Å². The predicted molar refractivity (Wildman–Crippen MR) is 128 cm³/mol. The molecule has 164 valence electrons. The summed E-state index contributed by atoms with van der Waals surface area (Å²) < 4.78 is 6.06. The Kier molecular flexibility index (Phi) is 6.01. The van der Waals surface area contributed by atoms with E-state index in [9.17, 15) is 5.11 Å². The van der Waals surface area contributed by atoms with Crippen molar-refractivity contribution >= 4 is 17.2 Å². The SMILES string of the molecule is OC1(c2ccc(Cl)cc2)CCN(CCC=C2c3cnccc3COc3ccccc32)CC1. The van der Waals surface area contributed by atoms with Gasteiger partial charge in [-0.05, 0) is 54.7 Å². The minimum atomic E-state index is -0.762. The normalized spacial score (nSPS) is 19.0. The van der Waals surface area contributed by atoms with Crippen LogP contribution in [0.25, 0.3) is 5.57 Å². The fraction of sp³-hybridized carbons (Fsp3) is 0.296. The fourth-order valence-electron chi connectivity index (χ4n) is 4.71. The van der Waals surface area contributed by atoms with Crippen molar-refractivity contribution < 1.29 is 9.84 Å².